The molecule has 0 bridgehead atoms. The van der Waals surface area contributed by atoms with Gasteiger partial charge in [-0.2, -0.15) is 5.26 Å². The van der Waals surface area contributed by atoms with Crippen LogP contribution in [-0.2, 0) is 9.53 Å². The number of carbonyl (C=O) groups is 1. The van der Waals surface area contributed by atoms with E-state index in [9.17, 15) is 4.79 Å². The molecule has 98 valence electrons. The van der Waals surface area contributed by atoms with Crippen LogP contribution in [0.3, 0.4) is 0 Å². The summed E-state index contributed by atoms with van der Waals surface area (Å²) in [5.74, 6) is -0.141. The average molecular weight is 261 g/mol. The topological polar surface area (TPSA) is 53.3 Å². The van der Waals surface area contributed by atoms with Gasteiger partial charge >= 0.3 is 0 Å². The first-order chi connectivity index (χ1) is 8.26. The maximum atomic E-state index is 11.4. The minimum Gasteiger partial charge on any atom is -0.381 e. The minimum absolute atomic E-state index is 0.0257. The standard InChI is InChI=1S/C12H21ClN2O2/c1-2-3-9-17-10-5-8-15(7-4-6-14)12(16)11-13/h2-5,7-11H2,1H3. The molecule has 0 spiro atoms. The van der Waals surface area contributed by atoms with E-state index in [2.05, 4.69) is 6.92 Å². The summed E-state index contributed by atoms with van der Waals surface area (Å²) < 4.78 is 5.41. The second kappa shape index (κ2) is 11.7. The van der Waals surface area contributed by atoms with E-state index >= 15 is 0 Å². The van der Waals surface area contributed by atoms with Crippen molar-refractivity contribution in [2.75, 3.05) is 32.2 Å². The molecule has 0 saturated carbocycles. The van der Waals surface area contributed by atoms with Gasteiger partial charge in [-0.3, -0.25) is 4.79 Å². The summed E-state index contributed by atoms with van der Waals surface area (Å²) >= 11 is 5.50. The highest BCUT2D eigenvalue weighted by Crippen LogP contribution is 1.98. The predicted octanol–water partition coefficient (Wildman–Crippen LogP) is 2.17. The van der Waals surface area contributed by atoms with Gasteiger partial charge in [0.25, 0.3) is 0 Å². The lowest BCUT2D eigenvalue weighted by atomic mass is 10.3. The number of alkyl halides is 1. The van der Waals surface area contributed by atoms with E-state index in [1.807, 2.05) is 6.07 Å². The Bertz CT molecular complexity index is 241. The zero-order chi connectivity index (χ0) is 12.9. The molecule has 0 aliphatic heterocycles. The van der Waals surface area contributed by atoms with Crippen molar-refractivity contribution in [1.82, 2.24) is 4.90 Å². The van der Waals surface area contributed by atoms with Gasteiger partial charge in [0.15, 0.2) is 0 Å². The van der Waals surface area contributed by atoms with Crippen LogP contribution < -0.4 is 0 Å². The fourth-order valence-corrected chi connectivity index (χ4v) is 1.51. The number of ether oxygens (including phenoxy) is 1. The van der Waals surface area contributed by atoms with Crippen molar-refractivity contribution in [2.45, 2.75) is 32.6 Å². The van der Waals surface area contributed by atoms with Crippen molar-refractivity contribution in [2.24, 2.45) is 0 Å². The summed E-state index contributed by atoms with van der Waals surface area (Å²) in [6, 6.07) is 2.03. The number of unbranched alkanes of at least 4 members (excludes halogenated alkanes) is 1. The summed E-state index contributed by atoms with van der Waals surface area (Å²) in [5, 5.41) is 8.49. The van der Waals surface area contributed by atoms with E-state index in [0.717, 1.165) is 25.9 Å². The molecule has 0 aromatic heterocycles. The Morgan fingerprint density at radius 3 is 2.65 bits per heavy atom. The quantitative estimate of drug-likeness (QED) is 0.447. The van der Waals surface area contributed by atoms with E-state index in [1.54, 1.807) is 4.90 Å². The van der Waals surface area contributed by atoms with Crippen molar-refractivity contribution in [3.8, 4) is 6.07 Å². The van der Waals surface area contributed by atoms with Gasteiger partial charge in [0, 0.05) is 26.3 Å². The summed E-state index contributed by atoms with van der Waals surface area (Å²) in [7, 11) is 0. The Morgan fingerprint density at radius 1 is 1.35 bits per heavy atom. The lowest BCUT2D eigenvalue weighted by Crippen LogP contribution is -2.34. The van der Waals surface area contributed by atoms with E-state index in [4.69, 9.17) is 21.6 Å². The van der Waals surface area contributed by atoms with Gasteiger partial charge in [-0.1, -0.05) is 13.3 Å². The molecule has 0 aromatic carbocycles. The van der Waals surface area contributed by atoms with Crippen molar-refractivity contribution in [3.05, 3.63) is 0 Å². The fraction of sp³-hybridized carbons (Fsp3) is 0.833. The number of hydrogen-bond acceptors (Lipinski definition) is 3. The van der Waals surface area contributed by atoms with Crippen LogP contribution in [-0.4, -0.2) is 43.0 Å². The molecule has 0 unspecified atom stereocenters. The third-order valence-electron chi connectivity index (χ3n) is 2.32. The number of nitrogens with zero attached hydrogens (tertiary/aromatic N) is 2. The highest BCUT2D eigenvalue weighted by molar-refractivity contribution is 6.27. The first kappa shape index (κ1) is 16.2. The molecule has 0 aliphatic carbocycles. The summed E-state index contributed by atoms with van der Waals surface area (Å²) in [6.07, 6.45) is 3.33. The average Bonchev–Trinajstić information content (AvgIpc) is 2.36. The fourth-order valence-electron chi connectivity index (χ4n) is 1.34. The van der Waals surface area contributed by atoms with Crippen LogP contribution in [0, 0.1) is 11.3 Å². The third kappa shape index (κ3) is 8.96. The van der Waals surface area contributed by atoms with Gasteiger partial charge in [0.05, 0.1) is 12.5 Å². The highest BCUT2D eigenvalue weighted by Gasteiger charge is 2.10. The SMILES string of the molecule is CCCCOCCCN(CCC#N)C(=O)CCl. The monoisotopic (exact) mass is 260 g/mol. The van der Waals surface area contributed by atoms with Crippen molar-refractivity contribution in [3.63, 3.8) is 0 Å². The summed E-state index contributed by atoms with van der Waals surface area (Å²) in [4.78, 5) is 13.1. The first-order valence-electron chi connectivity index (χ1n) is 6.04. The molecule has 1 amide bonds. The van der Waals surface area contributed by atoms with Crippen LogP contribution in [0.2, 0.25) is 0 Å². The largest absolute Gasteiger partial charge is 0.381 e. The van der Waals surface area contributed by atoms with Crippen LogP contribution in [0.25, 0.3) is 0 Å². The molecule has 0 fully saturated rings. The van der Waals surface area contributed by atoms with E-state index in [1.165, 1.54) is 0 Å². The Kier molecular flexibility index (Phi) is 11.1. The lowest BCUT2D eigenvalue weighted by Gasteiger charge is -2.20. The minimum atomic E-state index is -0.115. The lowest BCUT2D eigenvalue weighted by molar-refractivity contribution is -0.128. The molecule has 0 rings (SSSR count). The molecular formula is C12H21ClN2O2. The Labute approximate surface area is 108 Å². The van der Waals surface area contributed by atoms with Gasteiger partial charge in [-0.05, 0) is 12.8 Å². The van der Waals surface area contributed by atoms with E-state index < -0.39 is 0 Å². The zero-order valence-corrected chi connectivity index (χ0v) is 11.2. The van der Waals surface area contributed by atoms with Gasteiger partial charge in [-0.25, -0.2) is 0 Å². The van der Waals surface area contributed by atoms with Crippen molar-refractivity contribution < 1.29 is 9.53 Å². The number of rotatable bonds is 10. The third-order valence-corrected chi connectivity index (χ3v) is 2.55. The van der Waals surface area contributed by atoms with Crippen LogP contribution in [0.1, 0.15) is 32.6 Å². The molecule has 0 atom stereocenters. The van der Waals surface area contributed by atoms with Gasteiger partial charge in [0.1, 0.15) is 5.88 Å². The number of amides is 1. The Hall–Kier alpha value is -0.790. The molecule has 0 aromatic rings. The molecule has 5 heteroatoms. The number of carbonyl (C=O) groups excluding carboxylic acids is 1. The summed E-state index contributed by atoms with van der Waals surface area (Å²) in [5.41, 5.74) is 0. The molecule has 0 N–H and O–H groups in total. The maximum absolute atomic E-state index is 11.4. The first-order valence-corrected chi connectivity index (χ1v) is 6.58. The molecule has 17 heavy (non-hydrogen) atoms. The maximum Gasteiger partial charge on any atom is 0.237 e. The summed E-state index contributed by atoms with van der Waals surface area (Å²) in [6.45, 7) is 4.61. The van der Waals surface area contributed by atoms with Gasteiger partial charge in [-0.15, -0.1) is 11.6 Å². The van der Waals surface area contributed by atoms with E-state index in [0.29, 0.717) is 26.1 Å². The second-order valence-electron chi connectivity index (χ2n) is 3.74. The van der Waals surface area contributed by atoms with Gasteiger partial charge < -0.3 is 9.64 Å². The van der Waals surface area contributed by atoms with Crippen LogP contribution in [0.5, 0.6) is 0 Å². The van der Waals surface area contributed by atoms with Gasteiger partial charge in [0.2, 0.25) is 5.91 Å². The zero-order valence-electron chi connectivity index (χ0n) is 10.5. The molecular weight excluding hydrogens is 240 g/mol. The molecule has 0 radical (unpaired) electrons. The Morgan fingerprint density at radius 2 is 2.06 bits per heavy atom. The highest BCUT2D eigenvalue weighted by atomic mass is 35.5. The number of halogens is 1. The predicted molar refractivity (Wildman–Crippen MR) is 67.9 cm³/mol. The van der Waals surface area contributed by atoms with Crippen LogP contribution in [0.4, 0.5) is 0 Å². The second-order valence-corrected chi connectivity index (χ2v) is 4.01. The van der Waals surface area contributed by atoms with Crippen LogP contribution >= 0.6 is 11.6 Å². The van der Waals surface area contributed by atoms with E-state index in [-0.39, 0.29) is 11.8 Å². The molecule has 4 nitrogen and oxygen atoms in total. The smallest absolute Gasteiger partial charge is 0.237 e. The number of nitriles is 1. The molecule has 0 saturated heterocycles. The van der Waals surface area contributed by atoms with Crippen molar-refractivity contribution in [1.29, 1.82) is 5.26 Å². The normalized spacial score (nSPS) is 9.94. The van der Waals surface area contributed by atoms with Crippen molar-refractivity contribution >= 4 is 17.5 Å². The Balaban J connectivity index is 3.69. The molecule has 0 aliphatic rings. The number of hydrogen-bond donors (Lipinski definition) is 0. The molecule has 0 heterocycles. The van der Waals surface area contributed by atoms with Crippen LogP contribution in [0.15, 0.2) is 0 Å².